The fourth-order valence-electron chi connectivity index (χ4n) is 4.55. The quantitative estimate of drug-likeness (QED) is 0.686. The second-order valence-corrected chi connectivity index (χ2v) is 9.67. The van der Waals surface area contributed by atoms with Gasteiger partial charge in [0, 0.05) is 55.7 Å². The van der Waals surface area contributed by atoms with Gasteiger partial charge in [0.2, 0.25) is 5.91 Å². The molecule has 2 N–H and O–H groups in total. The Hall–Kier alpha value is 0.280. The van der Waals surface area contributed by atoms with Gasteiger partial charge in [-0.25, -0.2) is 0 Å². The number of nitrogens with zero attached hydrogens (tertiary/aromatic N) is 1. The van der Waals surface area contributed by atoms with Gasteiger partial charge < -0.3 is 15.4 Å². The normalized spacial score (nSPS) is 27.7. The van der Waals surface area contributed by atoms with Crippen LogP contribution in [-0.2, 0) is 9.53 Å². The molecule has 160 valence electrons. The van der Waals surface area contributed by atoms with Crippen LogP contribution in [0.4, 0.5) is 0 Å². The molecule has 0 aromatic heterocycles. The molecule has 8 heteroatoms. The summed E-state index contributed by atoms with van der Waals surface area (Å²) in [6.07, 6.45) is 6.87. The third-order valence-electron chi connectivity index (χ3n) is 5.93. The lowest BCUT2D eigenvalue weighted by Gasteiger charge is -2.51. The zero-order valence-corrected chi connectivity index (χ0v) is 19.2. The fourth-order valence-corrected chi connectivity index (χ4v) is 5.50. The second kappa shape index (κ2) is 11.5. The van der Waals surface area contributed by atoms with E-state index in [-0.39, 0.29) is 41.9 Å². The van der Waals surface area contributed by atoms with Crippen molar-refractivity contribution < 1.29 is 9.53 Å². The van der Waals surface area contributed by atoms with Gasteiger partial charge in [-0.3, -0.25) is 9.69 Å². The number of carbonyl (C=O) groups is 1. The summed E-state index contributed by atoms with van der Waals surface area (Å²) in [6.45, 7) is 8.92. The summed E-state index contributed by atoms with van der Waals surface area (Å²) in [5.74, 6) is 2.42. The monoisotopic (exact) mass is 441 g/mol. The Morgan fingerprint density at radius 3 is 2.63 bits per heavy atom. The average molecular weight is 442 g/mol. The minimum absolute atomic E-state index is 0. The first-order valence-electron chi connectivity index (χ1n) is 9.96. The molecule has 1 unspecified atom stereocenters. The maximum atomic E-state index is 12.5. The van der Waals surface area contributed by atoms with Crippen molar-refractivity contribution in [3.05, 3.63) is 0 Å². The van der Waals surface area contributed by atoms with Gasteiger partial charge >= 0.3 is 0 Å². The summed E-state index contributed by atoms with van der Waals surface area (Å²) in [6, 6.07) is 0.336. The molecular weight excluding hydrogens is 405 g/mol. The Balaban J connectivity index is 0.00000182. The third kappa shape index (κ3) is 7.23. The van der Waals surface area contributed by atoms with Crippen LogP contribution in [0.15, 0.2) is 0 Å². The van der Waals surface area contributed by atoms with Crippen molar-refractivity contribution in [3.8, 4) is 0 Å². The minimum atomic E-state index is -0.0874. The molecule has 2 aliphatic heterocycles. The second-order valence-electron chi connectivity index (χ2n) is 8.52. The smallest absolute Gasteiger partial charge is 0.221 e. The van der Waals surface area contributed by atoms with E-state index in [4.69, 9.17) is 4.74 Å². The number of morpholine rings is 1. The lowest BCUT2D eigenvalue weighted by molar-refractivity contribution is -0.129. The number of hydrogen-bond acceptors (Lipinski definition) is 5. The highest BCUT2D eigenvalue weighted by molar-refractivity contribution is 7.99. The van der Waals surface area contributed by atoms with E-state index < -0.39 is 0 Å². The molecule has 0 radical (unpaired) electrons. The molecule has 2 saturated heterocycles. The highest BCUT2D eigenvalue weighted by Crippen LogP contribution is 2.36. The van der Waals surface area contributed by atoms with Gasteiger partial charge in [-0.05, 0) is 26.7 Å². The van der Waals surface area contributed by atoms with E-state index in [0.717, 1.165) is 44.3 Å². The molecule has 3 aliphatic rings. The van der Waals surface area contributed by atoms with E-state index >= 15 is 0 Å². The summed E-state index contributed by atoms with van der Waals surface area (Å²) in [5, 5.41) is 6.76. The zero-order valence-electron chi connectivity index (χ0n) is 16.8. The molecule has 1 amide bonds. The fraction of sp³-hybridized carbons (Fsp3) is 0.947. The topological polar surface area (TPSA) is 53.6 Å². The molecular formula is C19H37Cl2N3O2S. The summed E-state index contributed by atoms with van der Waals surface area (Å²) in [7, 11) is 0. The predicted molar refractivity (Wildman–Crippen MR) is 119 cm³/mol. The van der Waals surface area contributed by atoms with Crippen LogP contribution in [-0.4, -0.2) is 72.3 Å². The standard InChI is InChI=1S/C19H35N3O2S.2ClH/c1-18(2)15-22(9-10-24-18)19(6-4-3-5-7-19)14-21-17(23)12-16-13-25-11-8-20-16;;/h16,20H,3-15H2,1-2H3,(H,21,23);2*1H. The number of carbonyl (C=O) groups excluding carboxylic acids is 1. The van der Waals surface area contributed by atoms with E-state index in [0.29, 0.717) is 12.5 Å². The molecule has 0 spiro atoms. The first-order valence-corrected chi connectivity index (χ1v) is 11.1. The van der Waals surface area contributed by atoms with Gasteiger partial charge in [0.05, 0.1) is 12.2 Å². The Kier molecular flexibility index (Phi) is 10.7. The highest BCUT2D eigenvalue weighted by atomic mass is 35.5. The predicted octanol–water partition coefficient (Wildman–Crippen LogP) is 2.86. The molecule has 0 aromatic rings. The molecule has 0 aromatic carbocycles. The Morgan fingerprint density at radius 1 is 1.26 bits per heavy atom. The van der Waals surface area contributed by atoms with Crippen LogP contribution in [0.2, 0.25) is 0 Å². The van der Waals surface area contributed by atoms with Crippen LogP contribution in [0.5, 0.6) is 0 Å². The Labute approximate surface area is 181 Å². The Morgan fingerprint density at radius 2 is 2.00 bits per heavy atom. The van der Waals surface area contributed by atoms with Crippen LogP contribution >= 0.6 is 36.6 Å². The highest BCUT2D eigenvalue weighted by Gasteiger charge is 2.42. The molecule has 3 rings (SSSR count). The van der Waals surface area contributed by atoms with E-state index in [2.05, 4.69) is 29.4 Å². The first-order chi connectivity index (χ1) is 12.0. The number of nitrogens with one attached hydrogen (secondary N) is 2. The summed E-state index contributed by atoms with van der Waals surface area (Å²) in [4.78, 5) is 15.1. The van der Waals surface area contributed by atoms with Gasteiger partial charge in [0.25, 0.3) is 0 Å². The molecule has 3 fully saturated rings. The Bertz CT molecular complexity index is 456. The number of halogens is 2. The molecule has 1 saturated carbocycles. The molecule has 27 heavy (non-hydrogen) atoms. The molecule has 5 nitrogen and oxygen atoms in total. The summed E-state index contributed by atoms with van der Waals surface area (Å²) < 4.78 is 5.92. The third-order valence-corrected chi connectivity index (χ3v) is 7.06. The van der Waals surface area contributed by atoms with Crippen LogP contribution in [0.1, 0.15) is 52.4 Å². The van der Waals surface area contributed by atoms with Crippen molar-refractivity contribution in [1.82, 2.24) is 15.5 Å². The number of amides is 1. The van der Waals surface area contributed by atoms with Crippen molar-refractivity contribution in [3.63, 3.8) is 0 Å². The van der Waals surface area contributed by atoms with Crippen molar-refractivity contribution in [1.29, 1.82) is 0 Å². The van der Waals surface area contributed by atoms with Crippen molar-refractivity contribution in [2.45, 2.75) is 69.6 Å². The van der Waals surface area contributed by atoms with E-state index in [9.17, 15) is 4.79 Å². The summed E-state index contributed by atoms with van der Waals surface area (Å²) >= 11 is 1.95. The number of rotatable bonds is 5. The van der Waals surface area contributed by atoms with Gasteiger partial charge in [-0.2, -0.15) is 11.8 Å². The summed E-state index contributed by atoms with van der Waals surface area (Å²) in [5.41, 5.74) is 0.0413. The minimum Gasteiger partial charge on any atom is -0.373 e. The molecule has 0 bridgehead atoms. The van der Waals surface area contributed by atoms with Crippen LogP contribution in [0.3, 0.4) is 0 Å². The van der Waals surface area contributed by atoms with Crippen LogP contribution in [0.25, 0.3) is 0 Å². The van der Waals surface area contributed by atoms with E-state index in [1.807, 2.05) is 11.8 Å². The molecule has 1 atom stereocenters. The van der Waals surface area contributed by atoms with Crippen molar-refractivity contribution in [2.75, 3.05) is 44.3 Å². The first kappa shape index (κ1) is 25.3. The van der Waals surface area contributed by atoms with Crippen LogP contribution in [0, 0.1) is 0 Å². The number of thioether (sulfide) groups is 1. The lowest BCUT2D eigenvalue weighted by Crippen LogP contribution is -2.63. The zero-order chi connectivity index (χ0) is 17.8. The van der Waals surface area contributed by atoms with Crippen molar-refractivity contribution >= 4 is 42.5 Å². The number of hydrogen-bond donors (Lipinski definition) is 2. The van der Waals surface area contributed by atoms with Gasteiger partial charge in [0.15, 0.2) is 0 Å². The number of ether oxygens (including phenoxy) is 1. The largest absolute Gasteiger partial charge is 0.373 e. The SMILES string of the molecule is CC1(C)CN(C2(CNC(=O)CC3CSCCN3)CCCCC2)CCO1.Cl.Cl. The van der Waals surface area contributed by atoms with Crippen molar-refractivity contribution in [2.24, 2.45) is 0 Å². The molecule has 2 heterocycles. The average Bonchev–Trinajstić information content (AvgIpc) is 2.61. The van der Waals surface area contributed by atoms with Gasteiger partial charge in [0.1, 0.15) is 0 Å². The maximum Gasteiger partial charge on any atom is 0.221 e. The lowest BCUT2D eigenvalue weighted by atomic mass is 9.79. The van der Waals surface area contributed by atoms with E-state index in [1.165, 1.54) is 32.1 Å². The van der Waals surface area contributed by atoms with Gasteiger partial charge in [-0.15, -0.1) is 24.8 Å². The maximum absolute atomic E-state index is 12.5. The van der Waals surface area contributed by atoms with Gasteiger partial charge in [-0.1, -0.05) is 19.3 Å². The van der Waals surface area contributed by atoms with Crippen LogP contribution < -0.4 is 10.6 Å². The van der Waals surface area contributed by atoms with E-state index in [1.54, 1.807) is 0 Å². The molecule has 1 aliphatic carbocycles.